The number of nitro benzene ring substituents is 1. The number of nitrogens with one attached hydrogen (secondary N) is 1. The van der Waals surface area contributed by atoms with Gasteiger partial charge in [0.05, 0.1) is 10.6 Å². The van der Waals surface area contributed by atoms with Gasteiger partial charge in [0.25, 0.3) is 5.69 Å². The Balaban J connectivity index is 2.22. The quantitative estimate of drug-likeness (QED) is 0.533. The summed E-state index contributed by atoms with van der Waals surface area (Å²) in [5, 5.41) is 14.6. The molecule has 2 aromatic rings. The summed E-state index contributed by atoms with van der Waals surface area (Å²) < 4.78 is 1.23. The Morgan fingerprint density at radius 2 is 1.80 bits per heavy atom. The highest BCUT2D eigenvalue weighted by Crippen LogP contribution is 2.35. The maximum absolute atomic E-state index is 10.8. The van der Waals surface area contributed by atoms with E-state index in [1.54, 1.807) is 0 Å². The lowest BCUT2D eigenvalue weighted by Crippen LogP contribution is -2.02. The molecule has 0 atom stereocenters. The third-order valence-electron chi connectivity index (χ3n) is 2.65. The van der Waals surface area contributed by atoms with Crippen molar-refractivity contribution in [1.82, 2.24) is 0 Å². The predicted molar refractivity (Wildman–Crippen MR) is 87.3 cm³/mol. The van der Waals surface area contributed by atoms with Crippen LogP contribution in [-0.2, 0) is 6.54 Å². The number of nitrogens with zero attached hydrogens (tertiary/aromatic N) is 1. The van der Waals surface area contributed by atoms with E-state index in [0.717, 1.165) is 11.3 Å². The number of halogens is 3. The summed E-state index contributed by atoms with van der Waals surface area (Å²) in [6.45, 7) is 0.523. The molecule has 0 fully saturated rings. The molecule has 0 amide bonds. The van der Waals surface area contributed by atoms with Gasteiger partial charge in [-0.25, -0.2) is 0 Å². The lowest BCUT2D eigenvalue weighted by atomic mass is 10.2. The molecule has 0 unspecified atom stereocenters. The average molecular weight is 420 g/mol. The van der Waals surface area contributed by atoms with Crippen molar-refractivity contribution in [2.75, 3.05) is 5.32 Å². The Bertz CT molecular complexity index is 642. The van der Waals surface area contributed by atoms with E-state index in [1.807, 2.05) is 24.3 Å². The summed E-state index contributed by atoms with van der Waals surface area (Å²) in [7, 11) is 0. The summed E-state index contributed by atoms with van der Waals surface area (Å²) in [6, 6.07) is 10.4. The molecule has 0 aliphatic rings. The van der Waals surface area contributed by atoms with Crippen LogP contribution in [0.3, 0.4) is 0 Å². The minimum absolute atomic E-state index is 0.0204. The van der Waals surface area contributed by atoms with Crippen LogP contribution in [0.5, 0.6) is 0 Å². The van der Waals surface area contributed by atoms with Gasteiger partial charge in [-0.15, -0.1) is 0 Å². The van der Waals surface area contributed by atoms with Crippen LogP contribution in [0.25, 0.3) is 0 Å². The van der Waals surface area contributed by atoms with Gasteiger partial charge in [-0.3, -0.25) is 10.1 Å². The van der Waals surface area contributed by atoms with Crippen LogP contribution in [-0.4, -0.2) is 4.92 Å². The highest BCUT2D eigenvalue weighted by molar-refractivity contribution is 9.11. The van der Waals surface area contributed by atoms with Crippen molar-refractivity contribution in [3.8, 4) is 0 Å². The third-order valence-corrected chi connectivity index (χ3v) is 4.27. The Hall–Kier alpha value is -1.11. The summed E-state index contributed by atoms with van der Waals surface area (Å²) in [5.74, 6) is 0. The first-order valence-corrected chi connectivity index (χ1v) is 7.56. The number of anilines is 1. The fourth-order valence-electron chi connectivity index (χ4n) is 1.66. The molecule has 0 radical (unpaired) electrons. The number of hydrogen-bond acceptors (Lipinski definition) is 3. The number of nitro groups is 1. The summed E-state index contributed by atoms with van der Waals surface area (Å²) in [4.78, 5) is 10.3. The Kier molecular flexibility index (Phi) is 5.01. The molecule has 2 rings (SSSR count). The average Bonchev–Trinajstić information content (AvgIpc) is 2.39. The molecule has 0 aliphatic carbocycles. The van der Waals surface area contributed by atoms with Crippen molar-refractivity contribution in [3.63, 3.8) is 0 Å². The lowest BCUT2D eigenvalue weighted by molar-refractivity contribution is -0.385. The molecule has 0 saturated carbocycles. The van der Waals surface area contributed by atoms with Gasteiger partial charge in [-0.1, -0.05) is 29.8 Å². The van der Waals surface area contributed by atoms with Crippen molar-refractivity contribution in [2.45, 2.75) is 6.54 Å². The van der Waals surface area contributed by atoms with Crippen LogP contribution in [0, 0.1) is 10.1 Å². The molecule has 0 bridgehead atoms. The fourth-order valence-corrected chi connectivity index (χ4v) is 3.30. The molecule has 7 heteroatoms. The second-order valence-corrected chi connectivity index (χ2v) is 6.10. The second kappa shape index (κ2) is 6.56. The standard InChI is InChI=1S/C13H9Br2ClN2O2/c14-10-5-9(18(19)20)6-11(15)13(10)17-7-8-3-1-2-4-12(8)16/h1-6,17H,7H2. The minimum Gasteiger partial charge on any atom is -0.379 e. The van der Waals surface area contributed by atoms with Crippen LogP contribution in [0.1, 0.15) is 5.56 Å². The molecule has 1 N–H and O–H groups in total. The Labute approximate surface area is 137 Å². The molecule has 0 aromatic heterocycles. The molecule has 4 nitrogen and oxygen atoms in total. The van der Waals surface area contributed by atoms with Crippen molar-refractivity contribution in [2.24, 2.45) is 0 Å². The Morgan fingerprint density at radius 3 is 2.35 bits per heavy atom. The number of benzene rings is 2. The summed E-state index contributed by atoms with van der Waals surface area (Å²) >= 11 is 12.7. The Morgan fingerprint density at radius 1 is 1.20 bits per heavy atom. The molecule has 0 spiro atoms. The van der Waals surface area contributed by atoms with Crippen LogP contribution < -0.4 is 5.32 Å². The summed E-state index contributed by atoms with van der Waals surface area (Å²) in [5.41, 5.74) is 1.72. The van der Waals surface area contributed by atoms with Crippen molar-refractivity contribution in [3.05, 3.63) is 66.0 Å². The zero-order valence-electron chi connectivity index (χ0n) is 10.1. The first kappa shape index (κ1) is 15.3. The minimum atomic E-state index is -0.437. The number of hydrogen-bond donors (Lipinski definition) is 1. The van der Waals surface area contributed by atoms with Crippen molar-refractivity contribution in [1.29, 1.82) is 0 Å². The second-order valence-electron chi connectivity index (χ2n) is 3.99. The van der Waals surface area contributed by atoms with Gasteiger partial charge >= 0.3 is 0 Å². The van der Waals surface area contributed by atoms with Gasteiger partial charge in [0, 0.05) is 32.6 Å². The maximum Gasteiger partial charge on any atom is 0.271 e. The van der Waals surface area contributed by atoms with Crippen LogP contribution in [0.2, 0.25) is 5.02 Å². The highest BCUT2D eigenvalue weighted by Gasteiger charge is 2.14. The van der Waals surface area contributed by atoms with E-state index < -0.39 is 4.92 Å². The van der Waals surface area contributed by atoms with Gasteiger partial charge in [0.1, 0.15) is 0 Å². The SMILES string of the molecule is O=[N+]([O-])c1cc(Br)c(NCc2ccccc2Cl)c(Br)c1. The van der Waals surface area contributed by atoms with Crippen LogP contribution >= 0.6 is 43.5 Å². The maximum atomic E-state index is 10.8. The van der Waals surface area contributed by atoms with Gasteiger partial charge in [0.2, 0.25) is 0 Å². The molecular weight excluding hydrogens is 411 g/mol. The monoisotopic (exact) mass is 418 g/mol. The molecule has 0 heterocycles. The largest absolute Gasteiger partial charge is 0.379 e. The topological polar surface area (TPSA) is 55.2 Å². The van der Waals surface area contributed by atoms with E-state index in [-0.39, 0.29) is 5.69 Å². The highest BCUT2D eigenvalue weighted by atomic mass is 79.9. The van der Waals surface area contributed by atoms with Crippen molar-refractivity contribution < 1.29 is 4.92 Å². The molecule has 104 valence electrons. The number of rotatable bonds is 4. The van der Waals surface area contributed by atoms with Crippen molar-refractivity contribution >= 4 is 54.8 Å². The van der Waals surface area contributed by atoms with E-state index in [2.05, 4.69) is 37.2 Å². The van der Waals surface area contributed by atoms with Gasteiger partial charge in [0.15, 0.2) is 0 Å². The molecule has 2 aromatic carbocycles. The zero-order valence-corrected chi connectivity index (χ0v) is 14.0. The third kappa shape index (κ3) is 3.50. The van der Waals surface area contributed by atoms with E-state index in [1.165, 1.54) is 12.1 Å². The van der Waals surface area contributed by atoms with Crippen LogP contribution in [0.4, 0.5) is 11.4 Å². The first-order chi connectivity index (χ1) is 9.49. The van der Waals surface area contributed by atoms with Gasteiger partial charge in [-0.05, 0) is 43.5 Å². The normalized spacial score (nSPS) is 10.3. The van der Waals surface area contributed by atoms with Crippen LogP contribution in [0.15, 0.2) is 45.3 Å². The number of non-ortho nitro benzene ring substituents is 1. The lowest BCUT2D eigenvalue weighted by Gasteiger charge is -2.11. The summed E-state index contributed by atoms with van der Waals surface area (Å²) in [6.07, 6.45) is 0. The molecule has 20 heavy (non-hydrogen) atoms. The smallest absolute Gasteiger partial charge is 0.271 e. The molecular formula is C13H9Br2ClN2O2. The van der Waals surface area contributed by atoms with E-state index in [9.17, 15) is 10.1 Å². The zero-order chi connectivity index (χ0) is 14.7. The van der Waals surface area contributed by atoms with E-state index in [4.69, 9.17) is 11.6 Å². The fraction of sp³-hybridized carbons (Fsp3) is 0.0769. The molecule has 0 aliphatic heterocycles. The van der Waals surface area contributed by atoms with Gasteiger partial charge in [-0.2, -0.15) is 0 Å². The molecule has 0 saturated heterocycles. The van der Waals surface area contributed by atoms with E-state index in [0.29, 0.717) is 20.5 Å². The van der Waals surface area contributed by atoms with E-state index >= 15 is 0 Å². The first-order valence-electron chi connectivity index (χ1n) is 5.59. The van der Waals surface area contributed by atoms with Gasteiger partial charge < -0.3 is 5.32 Å². The predicted octanol–water partition coefficient (Wildman–Crippen LogP) is 5.39.